The first kappa shape index (κ1) is 8.93. The first-order valence-corrected chi connectivity index (χ1v) is 3.53. The maximum absolute atomic E-state index is 12.5. The van der Waals surface area contributed by atoms with Crippen LogP contribution in [0.2, 0.25) is 5.02 Å². The van der Waals surface area contributed by atoms with E-state index in [0.717, 1.165) is 6.07 Å². The Balaban J connectivity index is 2.89. The van der Waals surface area contributed by atoms with Crippen LogP contribution >= 0.6 is 11.6 Å². The van der Waals surface area contributed by atoms with Gasteiger partial charge in [-0.1, -0.05) is 11.6 Å². The Morgan fingerprint density at radius 1 is 1.58 bits per heavy atom. The molecule has 0 saturated heterocycles. The second-order valence-electron chi connectivity index (χ2n) is 2.24. The van der Waals surface area contributed by atoms with Crippen molar-refractivity contribution in [2.24, 2.45) is 0 Å². The van der Waals surface area contributed by atoms with Gasteiger partial charge in [-0.2, -0.15) is 0 Å². The van der Waals surface area contributed by atoms with E-state index in [1.807, 2.05) is 0 Å². The largest absolute Gasteiger partial charge is 0.264 e. The molecule has 0 heterocycles. The van der Waals surface area contributed by atoms with Crippen molar-refractivity contribution in [3.8, 4) is 0 Å². The second kappa shape index (κ2) is 3.49. The lowest BCUT2D eigenvalue weighted by Gasteiger charge is -1.96. The van der Waals surface area contributed by atoms with Crippen LogP contribution in [0.3, 0.4) is 0 Å². The van der Waals surface area contributed by atoms with E-state index in [4.69, 9.17) is 11.6 Å². The van der Waals surface area contributed by atoms with Crippen LogP contribution in [-0.4, -0.2) is 4.92 Å². The number of nitrogens with zero attached hydrogens (tertiary/aromatic N) is 1. The van der Waals surface area contributed by atoms with E-state index in [0.29, 0.717) is 5.56 Å². The molecular weight excluding hydrogens is 185 g/mol. The van der Waals surface area contributed by atoms with Gasteiger partial charge in [0.2, 0.25) is 6.54 Å². The van der Waals surface area contributed by atoms with Crippen molar-refractivity contribution in [2.45, 2.75) is 6.54 Å². The maximum Gasteiger partial charge on any atom is 0.228 e. The van der Waals surface area contributed by atoms with Gasteiger partial charge in [0, 0.05) is 10.5 Å². The van der Waals surface area contributed by atoms with Crippen LogP contribution in [0.5, 0.6) is 0 Å². The van der Waals surface area contributed by atoms with Crippen molar-refractivity contribution in [3.63, 3.8) is 0 Å². The summed E-state index contributed by atoms with van der Waals surface area (Å²) in [6.45, 7) is -0.333. The number of hydrogen-bond acceptors (Lipinski definition) is 2. The summed E-state index contributed by atoms with van der Waals surface area (Å²) in [5.74, 6) is -0.566. The summed E-state index contributed by atoms with van der Waals surface area (Å²) in [5.41, 5.74) is 0.395. The molecule has 0 aromatic heterocycles. The summed E-state index contributed by atoms with van der Waals surface area (Å²) in [5, 5.41) is 9.95. The molecule has 0 bridgehead atoms. The van der Waals surface area contributed by atoms with Gasteiger partial charge in [0.25, 0.3) is 0 Å². The molecule has 0 N–H and O–H groups in total. The van der Waals surface area contributed by atoms with Crippen molar-refractivity contribution in [3.05, 3.63) is 44.7 Å². The fourth-order valence-electron chi connectivity index (χ4n) is 0.787. The lowest BCUT2D eigenvalue weighted by atomic mass is 10.2. The smallest absolute Gasteiger partial charge is 0.228 e. The van der Waals surface area contributed by atoms with Crippen LogP contribution in [0, 0.1) is 15.9 Å². The Bertz CT molecular complexity index is 316. The third-order valence-corrected chi connectivity index (χ3v) is 1.59. The first-order chi connectivity index (χ1) is 5.59. The molecular formula is C7H5ClFNO2. The molecule has 0 aliphatic rings. The average molecular weight is 190 g/mol. The molecule has 0 aliphatic heterocycles. The Morgan fingerprint density at radius 2 is 2.25 bits per heavy atom. The molecule has 1 rings (SSSR count). The minimum atomic E-state index is -0.566. The zero-order valence-corrected chi connectivity index (χ0v) is 6.71. The molecule has 0 atom stereocenters. The van der Waals surface area contributed by atoms with Crippen molar-refractivity contribution < 1.29 is 9.31 Å². The summed E-state index contributed by atoms with van der Waals surface area (Å²) in [6.07, 6.45) is 0. The molecule has 0 saturated carbocycles. The summed E-state index contributed by atoms with van der Waals surface area (Å²) in [4.78, 5) is 9.54. The summed E-state index contributed by atoms with van der Waals surface area (Å²) in [6, 6.07) is 3.70. The van der Waals surface area contributed by atoms with E-state index in [-0.39, 0.29) is 11.6 Å². The van der Waals surface area contributed by atoms with Gasteiger partial charge in [-0.25, -0.2) is 4.39 Å². The van der Waals surface area contributed by atoms with Gasteiger partial charge >= 0.3 is 0 Å². The van der Waals surface area contributed by atoms with E-state index < -0.39 is 10.7 Å². The number of nitro groups is 1. The third kappa shape index (κ3) is 2.17. The minimum Gasteiger partial charge on any atom is -0.264 e. The normalized spacial score (nSPS) is 9.83. The Hall–Kier alpha value is -1.16. The molecule has 12 heavy (non-hydrogen) atoms. The van der Waals surface area contributed by atoms with Crippen molar-refractivity contribution in [2.75, 3.05) is 0 Å². The van der Waals surface area contributed by atoms with Crippen LogP contribution in [0.1, 0.15) is 5.56 Å². The fraction of sp³-hybridized carbons (Fsp3) is 0.143. The maximum atomic E-state index is 12.5. The van der Waals surface area contributed by atoms with Gasteiger partial charge in [-0.05, 0) is 18.2 Å². The van der Waals surface area contributed by atoms with E-state index in [1.165, 1.54) is 12.1 Å². The highest BCUT2D eigenvalue weighted by Gasteiger charge is 2.04. The summed E-state index contributed by atoms with van der Waals surface area (Å²) >= 11 is 5.40. The van der Waals surface area contributed by atoms with Gasteiger partial charge in [0.05, 0.1) is 5.02 Å². The molecule has 1 aromatic carbocycles. The Labute approximate surface area is 72.9 Å². The molecule has 3 nitrogen and oxygen atoms in total. The molecule has 0 spiro atoms. The molecule has 64 valence electrons. The van der Waals surface area contributed by atoms with Gasteiger partial charge in [0.1, 0.15) is 5.82 Å². The quantitative estimate of drug-likeness (QED) is 0.529. The lowest BCUT2D eigenvalue weighted by molar-refractivity contribution is -0.496. The van der Waals surface area contributed by atoms with Crippen molar-refractivity contribution in [1.29, 1.82) is 0 Å². The van der Waals surface area contributed by atoms with Crippen molar-refractivity contribution >= 4 is 11.6 Å². The van der Waals surface area contributed by atoms with E-state index >= 15 is 0 Å². The minimum absolute atomic E-state index is 0.0886. The molecule has 0 fully saturated rings. The molecule has 0 aliphatic carbocycles. The third-order valence-electron chi connectivity index (χ3n) is 1.30. The highest BCUT2D eigenvalue weighted by atomic mass is 35.5. The summed E-state index contributed by atoms with van der Waals surface area (Å²) in [7, 11) is 0. The standard InChI is InChI=1S/C7H5ClFNO2/c8-6-3-5(4-10(11)12)1-2-7(6)9/h1-3H,4H2. The van der Waals surface area contributed by atoms with E-state index in [1.54, 1.807) is 0 Å². The van der Waals surface area contributed by atoms with Gasteiger partial charge in [0.15, 0.2) is 0 Å². The molecule has 5 heteroatoms. The topological polar surface area (TPSA) is 43.1 Å². The highest BCUT2D eigenvalue weighted by Crippen LogP contribution is 2.16. The zero-order valence-electron chi connectivity index (χ0n) is 5.96. The Kier molecular flexibility index (Phi) is 2.60. The fourth-order valence-corrected chi connectivity index (χ4v) is 0.990. The van der Waals surface area contributed by atoms with Gasteiger partial charge in [-0.3, -0.25) is 10.1 Å². The predicted octanol–water partition coefficient (Wildman–Crippen LogP) is 2.26. The molecule has 0 amide bonds. The SMILES string of the molecule is O=[N+]([O-])Cc1ccc(F)c(Cl)c1. The monoisotopic (exact) mass is 189 g/mol. The second-order valence-corrected chi connectivity index (χ2v) is 2.65. The van der Waals surface area contributed by atoms with E-state index in [9.17, 15) is 14.5 Å². The van der Waals surface area contributed by atoms with Crippen molar-refractivity contribution in [1.82, 2.24) is 0 Å². The van der Waals surface area contributed by atoms with E-state index in [2.05, 4.69) is 0 Å². The van der Waals surface area contributed by atoms with Crippen LogP contribution in [0.15, 0.2) is 18.2 Å². The molecule has 1 aromatic rings. The zero-order chi connectivity index (χ0) is 9.14. The van der Waals surface area contributed by atoms with Gasteiger partial charge < -0.3 is 0 Å². The Morgan fingerprint density at radius 3 is 2.75 bits per heavy atom. The lowest BCUT2D eigenvalue weighted by Crippen LogP contribution is -1.98. The number of rotatable bonds is 2. The molecule has 0 radical (unpaired) electrons. The highest BCUT2D eigenvalue weighted by molar-refractivity contribution is 6.30. The van der Waals surface area contributed by atoms with Crippen LogP contribution in [0.25, 0.3) is 0 Å². The average Bonchev–Trinajstić information content (AvgIpc) is 1.96. The number of benzene rings is 1. The van der Waals surface area contributed by atoms with Crippen LogP contribution < -0.4 is 0 Å². The van der Waals surface area contributed by atoms with Crippen LogP contribution in [0.4, 0.5) is 4.39 Å². The number of hydrogen-bond donors (Lipinski definition) is 0. The summed E-state index contributed by atoms with van der Waals surface area (Å²) < 4.78 is 12.5. The number of halogens is 2. The van der Waals surface area contributed by atoms with Crippen LogP contribution in [-0.2, 0) is 6.54 Å². The first-order valence-electron chi connectivity index (χ1n) is 3.15. The predicted molar refractivity (Wildman–Crippen MR) is 42.1 cm³/mol. The van der Waals surface area contributed by atoms with Gasteiger partial charge in [-0.15, -0.1) is 0 Å². The molecule has 0 unspecified atom stereocenters.